The monoisotopic (exact) mass is 609 g/mol. The van der Waals surface area contributed by atoms with E-state index in [-0.39, 0.29) is 12.5 Å². The van der Waals surface area contributed by atoms with Gasteiger partial charge in [-0.05, 0) is 80.5 Å². The zero-order valence-electron chi connectivity index (χ0n) is 25.7. The molecule has 1 unspecified atom stereocenters. The van der Waals surface area contributed by atoms with Crippen molar-refractivity contribution in [3.8, 4) is 5.75 Å². The molecule has 0 saturated carbocycles. The van der Waals surface area contributed by atoms with Crippen molar-refractivity contribution in [2.75, 3.05) is 57.7 Å². The number of nitrogens with zero attached hydrogens (tertiary/aromatic N) is 2. The lowest BCUT2D eigenvalue weighted by Crippen LogP contribution is -2.09. The summed E-state index contributed by atoms with van der Waals surface area (Å²) < 4.78 is 34.7. The number of ether oxygens (including phenoxy) is 2. The van der Waals surface area contributed by atoms with E-state index in [1.165, 1.54) is 5.56 Å². The molecule has 2 heterocycles. The Morgan fingerprint density at radius 2 is 1.74 bits per heavy atom. The largest absolute Gasteiger partial charge is 0.491 e. The van der Waals surface area contributed by atoms with Crippen LogP contribution < -0.4 is 10.1 Å². The van der Waals surface area contributed by atoms with Gasteiger partial charge in [0.25, 0.3) is 0 Å². The number of aliphatic hydroxyl groups is 1. The number of anilines is 1. The average Bonchev–Trinajstić information content (AvgIpc) is 2.99. The third-order valence-corrected chi connectivity index (χ3v) is 9.30. The van der Waals surface area contributed by atoms with Crippen molar-refractivity contribution in [2.24, 2.45) is 0 Å². The van der Waals surface area contributed by atoms with Crippen molar-refractivity contribution >= 4 is 35.2 Å². The quantitative estimate of drug-likeness (QED) is 0.0707. The number of hydrogen-bond acceptors (Lipinski definition) is 9. The second-order valence-corrected chi connectivity index (χ2v) is 12.7. The van der Waals surface area contributed by atoms with Gasteiger partial charge in [0, 0.05) is 23.5 Å². The van der Waals surface area contributed by atoms with E-state index in [0.29, 0.717) is 58.0 Å². The Hall–Kier alpha value is -3.07. The van der Waals surface area contributed by atoms with Crippen LogP contribution in [0.25, 0.3) is 21.8 Å². The maximum absolute atomic E-state index is 12.9. The van der Waals surface area contributed by atoms with Gasteiger partial charge in [-0.3, -0.25) is 9.55 Å². The van der Waals surface area contributed by atoms with Gasteiger partial charge in [0.2, 0.25) is 0 Å². The highest BCUT2D eigenvalue weighted by Gasteiger charge is 2.22. The van der Waals surface area contributed by atoms with E-state index in [1.807, 2.05) is 32.2 Å². The number of nitrogens with one attached hydrogen (secondary N) is 1. The minimum absolute atomic E-state index is 0.0141. The summed E-state index contributed by atoms with van der Waals surface area (Å²) in [5.74, 6) is 1.75. The first kappa shape index (κ1) is 32.8. The van der Waals surface area contributed by atoms with E-state index in [1.54, 1.807) is 0 Å². The molecule has 0 saturated heterocycles. The maximum Gasteiger partial charge on any atom is 0.330 e. The molecule has 0 radical (unpaired) electrons. The highest BCUT2D eigenvalue weighted by Crippen LogP contribution is 2.48. The predicted molar refractivity (Wildman–Crippen MR) is 173 cm³/mol. The molecule has 0 amide bonds. The molecule has 0 bridgehead atoms. The normalized spacial score (nSPS) is 12.6. The first-order valence-electron chi connectivity index (χ1n) is 15.1. The van der Waals surface area contributed by atoms with Gasteiger partial charge in [-0.25, -0.2) is 4.98 Å². The van der Waals surface area contributed by atoms with Crippen molar-refractivity contribution in [3.63, 3.8) is 0 Å². The zero-order chi connectivity index (χ0) is 30.7. The number of pyridine rings is 2. The molecular weight excluding hydrogens is 565 g/mol. The summed E-state index contributed by atoms with van der Waals surface area (Å²) in [6, 6.07) is 16.7. The highest BCUT2D eigenvalue weighted by atomic mass is 31.2. The van der Waals surface area contributed by atoms with Crippen molar-refractivity contribution in [2.45, 2.75) is 46.5 Å². The van der Waals surface area contributed by atoms with Crippen LogP contribution in [0.2, 0.25) is 0 Å². The number of aliphatic hydroxyl groups excluding tert-OH is 1. The number of benzene rings is 2. The Labute approximate surface area is 254 Å². The lowest BCUT2D eigenvalue weighted by molar-refractivity contribution is 0.0705. The Morgan fingerprint density at radius 1 is 0.977 bits per heavy atom. The van der Waals surface area contributed by atoms with Crippen molar-refractivity contribution in [3.05, 3.63) is 71.4 Å². The highest BCUT2D eigenvalue weighted by molar-refractivity contribution is 7.53. The van der Waals surface area contributed by atoms with Gasteiger partial charge in [0.1, 0.15) is 17.9 Å². The van der Waals surface area contributed by atoms with E-state index in [0.717, 1.165) is 45.1 Å². The lowest BCUT2D eigenvalue weighted by Gasteiger charge is -2.18. The van der Waals surface area contributed by atoms with Crippen LogP contribution >= 0.6 is 7.60 Å². The van der Waals surface area contributed by atoms with E-state index >= 15 is 0 Å². The Balaban J connectivity index is 1.49. The van der Waals surface area contributed by atoms with Gasteiger partial charge in [-0.1, -0.05) is 31.2 Å². The van der Waals surface area contributed by atoms with Gasteiger partial charge in [-0.15, -0.1) is 0 Å². The first-order valence-corrected chi connectivity index (χ1v) is 16.8. The van der Waals surface area contributed by atoms with Crippen LogP contribution in [-0.4, -0.2) is 67.4 Å². The molecule has 0 aliphatic carbocycles. The SMILES string of the molecule is CCOP(=O)(CCCNc1nc2cc(C)ccc2c2cc(C(C)Cc3ccc(OCCOCCO)cc3)cnc12)OCC. The second kappa shape index (κ2) is 16.1. The summed E-state index contributed by atoms with van der Waals surface area (Å²) in [6.45, 7) is 10.4. The number of fused-ring (bicyclic) bond motifs is 3. The molecule has 0 aliphatic heterocycles. The summed E-state index contributed by atoms with van der Waals surface area (Å²) in [4.78, 5) is 9.82. The Kier molecular flexibility index (Phi) is 12.3. The smallest absolute Gasteiger partial charge is 0.330 e. The number of aryl methyl sites for hydroxylation is 1. The van der Waals surface area contributed by atoms with Gasteiger partial charge < -0.3 is 28.9 Å². The summed E-state index contributed by atoms with van der Waals surface area (Å²) in [6.07, 6.45) is 3.76. The van der Waals surface area contributed by atoms with Crippen LogP contribution in [0.5, 0.6) is 5.75 Å². The van der Waals surface area contributed by atoms with E-state index < -0.39 is 7.60 Å². The fourth-order valence-corrected chi connectivity index (χ4v) is 6.69. The fraction of sp³-hybridized carbons (Fsp3) is 0.455. The lowest BCUT2D eigenvalue weighted by atomic mass is 9.93. The van der Waals surface area contributed by atoms with Gasteiger partial charge in [0.15, 0.2) is 5.82 Å². The summed E-state index contributed by atoms with van der Waals surface area (Å²) in [7, 11) is -3.09. The van der Waals surface area contributed by atoms with Crippen LogP contribution in [0.1, 0.15) is 49.8 Å². The Morgan fingerprint density at radius 3 is 2.47 bits per heavy atom. The molecule has 10 heteroatoms. The van der Waals surface area contributed by atoms with Crippen LogP contribution in [0.4, 0.5) is 5.82 Å². The minimum Gasteiger partial charge on any atom is -0.491 e. The Bertz CT molecular complexity index is 1500. The van der Waals surface area contributed by atoms with Crippen LogP contribution in [0.15, 0.2) is 54.7 Å². The first-order chi connectivity index (χ1) is 20.9. The molecule has 4 aromatic rings. The van der Waals surface area contributed by atoms with Crippen molar-refractivity contribution < 1.29 is 28.2 Å². The van der Waals surface area contributed by atoms with Crippen molar-refractivity contribution in [1.82, 2.24) is 9.97 Å². The average molecular weight is 610 g/mol. The standard InChI is InChI=1S/C33H44N3O6P/c1-5-41-43(38,42-6-2)19-7-14-34-33-32-30(29-13-8-24(3)20-31(29)36-33)22-27(23-35-32)25(4)21-26-9-11-28(12-10-26)40-18-17-39-16-15-37/h8-13,20,22-23,25,37H,5-7,14-19,21H2,1-4H3,(H,34,36). The predicted octanol–water partition coefficient (Wildman–Crippen LogP) is 6.89. The molecule has 2 N–H and O–H groups in total. The van der Waals surface area contributed by atoms with Crippen molar-refractivity contribution in [1.29, 1.82) is 0 Å². The molecule has 2 aromatic heterocycles. The molecule has 4 rings (SSSR count). The van der Waals surface area contributed by atoms with Gasteiger partial charge in [0.05, 0.1) is 44.7 Å². The fourth-order valence-electron chi connectivity index (χ4n) is 5.02. The molecular formula is C33H44N3O6P. The maximum atomic E-state index is 12.9. The molecule has 2 aromatic carbocycles. The van der Waals surface area contributed by atoms with Gasteiger partial charge >= 0.3 is 7.60 Å². The summed E-state index contributed by atoms with van der Waals surface area (Å²) in [5.41, 5.74) is 5.23. The topological polar surface area (TPSA) is 112 Å². The minimum atomic E-state index is -3.09. The van der Waals surface area contributed by atoms with E-state index in [4.69, 9.17) is 33.6 Å². The number of rotatable bonds is 18. The van der Waals surface area contributed by atoms with Gasteiger partial charge in [-0.2, -0.15) is 0 Å². The molecule has 0 fully saturated rings. The molecule has 9 nitrogen and oxygen atoms in total. The molecule has 1 atom stereocenters. The van der Waals surface area contributed by atoms with E-state index in [2.05, 4.69) is 55.6 Å². The molecule has 232 valence electrons. The summed E-state index contributed by atoms with van der Waals surface area (Å²) >= 11 is 0. The van der Waals surface area contributed by atoms with E-state index in [9.17, 15) is 4.57 Å². The second-order valence-electron chi connectivity index (χ2n) is 10.5. The number of aromatic nitrogens is 2. The third-order valence-electron chi connectivity index (χ3n) is 7.13. The van der Waals surface area contributed by atoms with Crippen LogP contribution in [0, 0.1) is 6.92 Å². The van der Waals surface area contributed by atoms with Crippen LogP contribution in [0.3, 0.4) is 0 Å². The molecule has 43 heavy (non-hydrogen) atoms. The number of hydrogen-bond donors (Lipinski definition) is 2. The van der Waals surface area contributed by atoms with Crippen LogP contribution in [-0.2, 0) is 24.8 Å². The molecule has 0 aliphatic rings. The molecule has 0 spiro atoms. The zero-order valence-corrected chi connectivity index (χ0v) is 26.6. The summed E-state index contributed by atoms with van der Waals surface area (Å²) in [5, 5.41) is 14.3. The third kappa shape index (κ3) is 9.21.